The van der Waals surface area contributed by atoms with Crippen LogP contribution in [-0.2, 0) is 6.54 Å². The summed E-state index contributed by atoms with van der Waals surface area (Å²) in [6.45, 7) is 11.6. The summed E-state index contributed by atoms with van der Waals surface area (Å²) in [4.78, 5) is 9.07. The number of aryl methyl sites for hydroxylation is 3. The van der Waals surface area contributed by atoms with Crippen molar-refractivity contribution in [1.29, 1.82) is 0 Å². The topological polar surface area (TPSA) is 60.7 Å². The highest BCUT2D eigenvalue weighted by atomic mass is 19.1. The van der Waals surface area contributed by atoms with E-state index in [4.69, 9.17) is 0 Å². The molecule has 1 aromatic carbocycles. The second-order valence-electron chi connectivity index (χ2n) is 7.73. The molecular weight excluding hydrogens is 381 g/mol. The quantitative estimate of drug-likeness (QED) is 0.392. The van der Waals surface area contributed by atoms with Crippen molar-refractivity contribution in [2.24, 2.45) is 4.99 Å². The van der Waals surface area contributed by atoms with E-state index in [1.54, 1.807) is 7.05 Å². The summed E-state index contributed by atoms with van der Waals surface area (Å²) in [6, 6.07) is 8.88. The van der Waals surface area contributed by atoms with Gasteiger partial charge in [0.15, 0.2) is 5.96 Å². The summed E-state index contributed by atoms with van der Waals surface area (Å²) in [6.07, 6.45) is 0.994. The van der Waals surface area contributed by atoms with Crippen molar-refractivity contribution in [3.05, 3.63) is 47.5 Å². The highest BCUT2D eigenvalue weighted by Crippen LogP contribution is 2.16. The van der Waals surface area contributed by atoms with Crippen molar-refractivity contribution in [2.75, 3.05) is 57.8 Å². The van der Waals surface area contributed by atoms with Crippen LogP contribution in [0.4, 0.5) is 10.1 Å². The van der Waals surface area contributed by atoms with Gasteiger partial charge in [0.2, 0.25) is 0 Å². The highest BCUT2D eigenvalue weighted by molar-refractivity contribution is 5.79. The van der Waals surface area contributed by atoms with Crippen LogP contribution in [0, 0.1) is 19.7 Å². The van der Waals surface area contributed by atoms with Crippen LogP contribution in [0.3, 0.4) is 0 Å². The summed E-state index contributed by atoms with van der Waals surface area (Å²) >= 11 is 0. The molecular formula is C22H34FN7. The van der Waals surface area contributed by atoms with E-state index in [-0.39, 0.29) is 5.82 Å². The summed E-state index contributed by atoms with van der Waals surface area (Å²) < 4.78 is 15.1. The van der Waals surface area contributed by atoms with Crippen molar-refractivity contribution in [3.8, 4) is 0 Å². The van der Waals surface area contributed by atoms with Gasteiger partial charge < -0.3 is 15.5 Å². The number of nitrogens with zero attached hydrogens (tertiary/aromatic N) is 5. The number of halogens is 1. The van der Waals surface area contributed by atoms with E-state index < -0.39 is 0 Å². The maximum atomic E-state index is 13.1. The highest BCUT2D eigenvalue weighted by Gasteiger charge is 2.16. The predicted molar refractivity (Wildman–Crippen MR) is 121 cm³/mol. The molecule has 1 fully saturated rings. The molecule has 0 aliphatic carbocycles. The number of aromatic nitrogens is 2. The van der Waals surface area contributed by atoms with Gasteiger partial charge in [-0.2, -0.15) is 5.10 Å². The Morgan fingerprint density at radius 2 is 1.73 bits per heavy atom. The maximum Gasteiger partial charge on any atom is 0.191 e. The minimum absolute atomic E-state index is 0.183. The Hall–Kier alpha value is -2.61. The minimum Gasteiger partial charge on any atom is -0.369 e. The molecule has 30 heavy (non-hydrogen) atoms. The number of nitrogens with one attached hydrogen (secondary N) is 2. The molecule has 8 heteroatoms. The monoisotopic (exact) mass is 415 g/mol. The SMILES string of the molecule is CN=C(NCCCn1nc(C)cc1C)NCCN1CCN(c2ccc(F)cc2)CC1. The fraction of sp³-hybridized carbons (Fsp3) is 0.545. The zero-order chi connectivity index (χ0) is 21.3. The van der Waals surface area contributed by atoms with Crippen molar-refractivity contribution < 1.29 is 4.39 Å². The van der Waals surface area contributed by atoms with Gasteiger partial charge in [-0.25, -0.2) is 4.39 Å². The number of rotatable bonds is 8. The van der Waals surface area contributed by atoms with Crippen LogP contribution in [0.2, 0.25) is 0 Å². The first-order chi connectivity index (χ1) is 14.5. The van der Waals surface area contributed by atoms with Gasteiger partial charge in [-0.3, -0.25) is 14.6 Å². The third-order valence-electron chi connectivity index (χ3n) is 5.45. The van der Waals surface area contributed by atoms with Gasteiger partial charge in [-0.1, -0.05) is 0 Å². The standard InChI is InChI=1S/C22H34FN7/c1-18-17-19(2)30(27-18)11-4-9-25-22(24-3)26-10-12-28-13-15-29(16-14-28)21-7-5-20(23)6-8-21/h5-8,17H,4,9-16H2,1-3H3,(H2,24,25,26). The van der Waals surface area contributed by atoms with Crippen LogP contribution >= 0.6 is 0 Å². The van der Waals surface area contributed by atoms with Crippen molar-refractivity contribution >= 4 is 11.6 Å². The molecule has 0 bridgehead atoms. The fourth-order valence-corrected chi connectivity index (χ4v) is 3.77. The Balaban J connectivity index is 1.29. The Bertz CT molecular complexity index is 807. The third kappa shape index (κ3) is 6.45. The summed E-state index contributed by atoms with van der Waals surface area (Å²) in [5.74, 6) is 0.658. The Morgan fingerprint density at radius 3 is 2.37 bits per heavy atom. The van der Waals surface area contributed by atoms with Crippen LogP contribution in [0.25, 0.3) is 0 Å². The number of hydrogen-bond donors (Lipinski definition) is 2. The van der Waals surface area contributed by atoms with Gasteiger partial charge in [0, 0.05) is 70.8 Å². The Kier molecular flexibility index (Phi) is 8.07. The van der Waals surface area contributed by atoms with Crippen LogP contribution in [0.1, 0.15) is 17.8 Å². The smallest absolute Gasteiger partial charge is 0.191 e. The minimum atomic E-state index is -0.183. The normalized spacial score (nSPS) is 15.5. The van der Waals surface area contributed by atoms with Gasteiger partial charge in [0.05, 0.1) is 5.69 Å². The number of anilines is 1. The van der Waals surface area contributed by atoms with Gasteiger partial charge in [-0.05, 0) is 50.6 Å². The molecule has 2 heterocycles. The first-order valence-corrected chi connectivity index (χ1v) is 10.7. The van der Waals surface area contributed by atoms with E-state index in [9.17, 15) is 4.39 Å². The molecule has 164 valence electrons. The Morgan fingerprint density at radius 1 is 1.03 bits per heavy atom. The van der Waals surface area contributed by atoms with E-state index in [0.717, 1.165) is 76.1 Å². The molecule has 0 unspecified atom stereocenters. The number of guanidine groups is 1. The lowest BCUT2D eigenvalue weighted by atomic mass is 10.2. The van der Waals surface area contributed by atoms with E-state index >= 15 is 0 Å². The molecule has 1 aliphatic rings. The van der Waals surface area contributed by atoms with E-state index in [1.165, 1.54) is 17.8 Å². The maximum absolute atomic E-state index is 13.1. The zero-order valence-electron chi connectivity index (χ0n) is 18.4. The van der Waals surface area contributed by atoms with Crippen LogP contribution in [0.15, 0.2) is 35.3 Å². The van der Waals surface area contributed by atoms with E-state index in [2.05, 4.69) is 48.2 Å². The lowest BCUT2D eigenvalue weighted by Gasteiger charge is -2.36. The predicted octanol–water partition coefficient (Wildman–Crippen LogP) is 2.02. The summed E-state index contributed by atoms with van der Waals surface area (Å²) in [5, 5.41) is 11.3. The molecule has 2 N–H and O–H groups in total. The third-order valence-corrected chi connectivity index (χ3v) is 5.45. The molecule has 1 saturated heterocycles. The molecule has 1 aromatic heterocycles. The van der Waals surface area contributed by atoms with Gasteiger partial charge >= 0.3 is 0 Å². The molecule has 1 aliphatic heterocycles. The molecule has 0 saturated carbocycles. The first-order valence-electron chi connectivity index (χ1n) is 10.7. The van der Waals surface area contributed by atoms with E-state index in [1.807, 2.05) is 19.1 Å². The second-order valence-corrected chi connectivity index (χ2v) is 7.73. The van der Waals surface area contributed by atoms with Gasteiger partial charge in [-0.15, -0.1) is 0 Å². The Labute approximate surface area is 179 Å². The molecule has 0 radical (unpaired) electrons. The number of piperazine rings is 1. The first kappa shape index (κ1) is 22.1. The number of hydrogen-bond acceptors (Lipinski definition) is 4. The molecule has 0 spiro atoms. The summed E-state index contributed by atoms with van der Waals surface area (Å²) in [7, 11) is 1.80. The van der Waals surface area contributed by atoms with Crippen LogP contribution in [0.5, 0.6) is 0 Å². The van der Waals surface area contributed by atoms with Crippen molar-refractivity contribution in [2.45, 2.75) is 26.8 Å². The van der Waals surface area contributed by atoms with Crippen molar-refractivity contribution in [3.63, 3.8) is 0 Å². The second kappa shape index (κ2) is 11.0. The largest absolute Gasteiger partial charge is 0.369 e. The zero-order valence-corrected chi connectivity index (χ0v) is 18.4. The van der Waals surface area contributed by atoms with Crippen LogP contribution < -0.4 is 15.5 Å². The number of benzene rings is 1. The molecule has 3 rings (SSSR count). The van der Waals surface area contributed by atoms with Crippen molar-refractivity contribution in [1.82, 2.24) is 25.3 Å². The van der Waals surface area contributed by atoms with Crippen LogP contribution in [-0.4, -0.2) is 73.5 Å². The van der Waals surface area contributed by atoms with Gasteiger partial charge in [0.25, 0.3) is 0 Å². The molecule has 0 atom stereocenters. The number of aliphatic imine (C=N–C) groups is 1. The average molecular weight is 416 g/mol. The lowest BCUT2D eigenvalue weighted by Crippen LogP contribution is -2.49. The molecule has 2 aromatic rings. The molecule has 0 amide bonds. The lowest BCUT2D eigenvalue weighted by molar-refractivity contribution is 0.261. The average Bonchev–Trinajstić information content (AvgIpc) is 3.07. The summed E-state index contributed by atoms with van der Waals surface area (Å²) in [5.41, 5.74) is 3.37. The van der Waals surface area contributed by atoms with Gasteiger partial charge in [0.1, 0.15) is 5.82 Å². The van der Waals surface area contributed by atoms with E-state index in [0.29, 0.717) is 0 Å². The fourth-order valence-electron chi connectivity index (χ4n) is 3.77. The molecule has 7 nitrogen and oxygen atoms in total.